The number of aliphatic imine (C=N–C) groups is 1. The van der Waals surface area contributed by atoms with Gasteiger partial charge in [-0.2, -0.15) is 10.2 Å². The van der Waals surface area contributed by atoms with Crippen molar-refractivity contribution in [1.82, 2.24) is 29.8 Å². The first-order valence-electron chi connectivity index (χ1n) is 15.1. The Balaban J connectivity index is 1.12. The number of nitrogens with zero attached hydrogens (tertiary/aromatic N) is 6. The summed E-state index contributed by atoms with van der Waals surface area (Å²) in [6.45, 7) is 1.73. The maximum Gasteiger partial charge on any atom is 0.251 e. The lowest BCUT2D eigenvalue weighted by Gasteiger charge is -2.36. The number of amides is 1. The highest BCUT2D eigenvalue weighted by atomic mass is 16.5. The number of likely N-dealkylation sites (tertiary alicyclic amines) is 1. The Morgan fingerprint density at radius 3 is 2.53 bits per heavy atom. The number of ether oxygens (including phenoxy) is 1. The number of fused-ring (bicyclic) bond motifs is 2. The summed E-state index contributed by atoms with van der Waals surface area (Å²) in [5.41, 5.74) is 10.3. The van der Waals surface area contributed by atoms with E-state index in [1.165, 1.54) is 0 Å². The number of anilines is 1. The van der Waals surface area contributed by atoms with Crippen LogP contribution in [0, 0.1) is 0 Å². The van der Waals surface area contributed by atoms with Crippen LogP contribution >= 0.6 is 0 Å². The van der Waals surface area contributed by atoms with E-state index in [2.05, 4.69) is 51.0 Å². The van der Waals surface area contributed by atoms with Gasteiger partial charge in [-0.05, 0) is 60.9 Å². The van der Waals surface area contributed by atoms with E-state index in [0.29, 0.717) is 17.1 Å². The normalized spacial score (nSPS) is 18.9. The lowest BCUT2D eigenvalue weighted by Crippen LogP contribution is -2.57. The second kappa shape index (κ2) is 11.7. The maximum absolute atomic E-state index is 12.8. The Morgan fingerprint density at radius 2 is 1.80 bits per heavy atom. The van der Waals surface area contributed by atoms with Gasteiger partial charge < -0.3 is 20.3 Å². The van der Waals surface area contributed by atoms with Crippen LogP contribution in [0.3, 0.4) is 0 Å². The molecule has 0 radical (unpaired) electrons. The summed E-state index contributed by atoms with van der Waals surface area (Å²) in [6.07, 6.45) is 13.7. The van der Waals surface area contributed by atoms with E-state index in [0.717, 1.165) is 76.4 Å². The van der Waals surface area contributed by atoms with E-state index < -0.39 is 0 Å². The second-order valence-electron chi connectivity index (χ2n) is 11.8. The molecule has 0 spiro atoms. The number of aryl methyl sites for hydroxylation is 3. The number of hydrogen-bond donors (Lipinski definition) is 2. The van der Waals surface area contributed by atoms with E-state index in [1.54, 1.807) is 13.2 Å². The van der Waals surface area contributed by atoms with Gasteiger partial charge in [-0.3, -0.25) is 14.2 Å². The van der Waals surface area contributed by atoms with Gasteiger partial charge in [0.1, 0.15) is 11.6 Å². The van der Waals surface area contributed by atoms with Gasteiger partial charge in [0.2, 0.25) is 0 Å². The smallest absolute Gasteiger partial charge is 0.251 e. The molecule has 2 aliphatic heterocycles. The lowest BCUT2D eigenvalue weighted by molar-refractivity contribution is 0.0857. The van der Waals surface area contributed by atoms with E-state index in [-0.39, 0.29) is 11.9 Å². The molecule has 0 saturated carbocycles. The quantitative estimate of drug-likeness (QED) is 0.315. The minimum atomic E-state index is -0.0978. The molecule has 1 saturated heterocycles. The average Bonchev–Trinajstić information content (AvgIpc) is 3.60. The lowest BCUT2D eigenvalue weighted by atomic mass is 9.86. The number of allylic oxidation sites excluding steroid dienone is 5. The molecule has 2 N–H and O–H groups in total. The Kier molecular flexibility index (Phi) is 7.42. The van der Waals surface area contributed by atoms with Crippen LogP contribution in [0.5, 0.6) is 5.75 Å². The summed E-state index contributed by atoms with van der Waals surface area (Å²) in [5.74, 6) is 1.15. The number of hydrogen-bond acceptors (Lipinski definition) is 7. The minimum absolute atomic E-state index is 0.0978. The molecule has 7 rings (SSSR count). The van der Waals surface area contributed by atoms with Crippen molar-refractivity contribution in [2.75, 3.05) is 32.6 Å². The third-order valence-corrected chi connectivity index (χ3v) is 8.56. The fourth-order valence-corrected chi connectivity index (χ4v) is 6.26. The molecule has 4 heterocycles. The monoisotopic (exact) mass is 600 g/mol. The first-order valence-corrected chi connectivity index (χ1v) is 15.1. The molecule has 1 fully saturated rings. The van der Waals surface area contributed by atoms with Crippen LogP contribution in [0.15, 0.2) is 89.5 Å². The van der Waals surface area contributed by atoms with Crippen molar-refractivity contribution in [3.63, 3.8) is 0 Å². The summed E-state index contributed by atoms with van der Waals surface area (Å²) in [6, 6.07) is 14.2. The van der Waals surface area contributed by atoms with E-state index in [4.69, 9.17) is 14.8 Å². The summed E-state index contributed by atoms with van der Waals surface area (Å²) >= 11 is 0. The van der Waals surface area contributed by atoms with Crippen LogP contribution in [0.2, 0.25) is 0 Å². The summed E-state index contributed by atoms with van der Waals surface area (Å²) in [5, 5.41) is 15.7. The SMILES string of the molecule is COc1cc(C(=O)NC2CN(C)C2)ccc1NC1=C/C=C/C2=C(/C=N\1)CCc1nn(C)c(-c3ccc(-c4cnn(C)c4)cc3)c12. The van der Waals surface area contributed by atoms with Crippen molar-refractivity contribution in [3.05, 3.63) is 101 Å². The highest BCUT2D eigenvalue weighted by molar-refractivity contribution is 6.00. The van der Waals surface area contributed by atoms with Crippen LogP contribution in [0.4, 0.5) is 5.69 Å². The molecule has 228 valence electrons. The standard InChI is InChI=1S/C35H36N8O2/c1-41-20-27(21-41)38-35(44)24-12-14-29(31(16-24)45-4)39-32-7-5-6-28-25(17-36-32)13-15-30-33(28)34(43(3)40-30)23-10-8-22(9-11-23)26-18-37-42(2)19-26/h5-12,14,16-19,27H,13,15,20-21H2,1-4H3,(H,36,39)(H,38,44). The van der Waals surface area contributed by atoms with Gasteiger partial charge in [0.15, 0.2) is 0 Å². The largest absolute Gasteiger partial charge is 0.495 e. The van der Waals surface area contributed by atoms with Crippen molar-refractivity contribution < 1.29 is 9.53 Å². The third-order valence-electron chi connectivity index (χ3n) is 8.56. The van der Waals surface area contributed by atoms with Crippen molar-refractivity contribution in [3.8, 4) is 28.1 Å². The van der Waals surface area contributed by atoms with Crippen molar-refractivity contribution in [2.24, 2.45) is 19.1 Å². The Hall–Kier alpha value is -5.22. The highest BCUT2D eigenvalue weighted by Gasteiger charge is 2.27. The molecule has 1 aliphatic carbocycles. The number of benzene rings is 2. The fourth-order valence-electron chi connectivity index (χ4n) is 6.26. The van der Waals surface area contributed by atoms with Gasteiger partial charge in [0.05, 0.1) is 36.4 Å². The zero-order valence-electron chi connectivity index (χ0n) is 25.9. The maximum atomic E-state index is 12.8. The molecule has 0 unspecified atom stereocenters. The van der Waals surface area contributed by atoms with Crippen LogP contribution < -0.4 is 15.4 Å². The van der Waals surface area contributed by atoms with Crippen molar-refractivity contribution in [1.29, 1.82) is 0 Å². The van der Waals surface area contributed by atoms with Gasteiger partial charge in [0, 0.05) is 61.9 Å². The summed E-state index contributed by atoms with van der Waals surface area (Å²) in [7, 11) is 7.58. The second-order valence-corrected chi connectivity index (χ2v) is 11.8. The van der Waals surface area contributed by atoms with Gasteiger partial charge in [-0.25, -0.2) is 4.99 Å². The van der Waals surface area contributed by atoms with E-state index in [9.17, 15) is 4.79 Å². The number of likely N-dealkylation sites (N-methyl/N-ethyl adjacent to an activating group) is 1. The number of carbonyl (C=O) groups excluding carboxylic acids is 1. The molecule has 0 atom stereocenters. The number of carbonyl (C=O) groups is 1. The highest BCUT2D eigenvalue weighted by Crippen LogP contribution is 2.39. The fraction of sp³-hybridized carbons (Fsp3) is 0.257. The molecular formula is C35H36N8O2. The number of nitrogens with one attached hydrogen (secondary N) is 2. The summed E-state index contributed by atoms with van der Waals surface area (Å²) < 4.78 is 9.45. The van der Waals surface area contributed by atoms with E-state index >= 15 is 0 Å². The predicted octanol–water partition coefficient (Wildman–Crippen LogP) is 4.83. The topological polar surface area (TPSA) is 102 Å². The predicted molar refractivity (Wildman–Crippen MR) is 177 cm³/mol. The average molecular weight is 601 g/mol. The molecule has 10 nitrogen and oxygen atoms in total. The molecule has 2 aromatic heterocycles. The summed E-state index contributed by atoms with van der Waals surface area (Å²) in [4.78, 5) is 19.8. The van der Waals surface area contributed by atoms with Gasteiger partial charge in [-0.15, -0.1) is 0 Å². The molecule has 4 aromatic rings. The Morgan fingerprint density at radius 1 is 1.00 bits per heavy atom. The number of methoxy groups -OCH3 is 1. The van der Waals surface area contributed by atoms with Crippen molar-refractivity contribution >= 4 is 23.4 Å². The minimum Gasteiger partial charge on any atom is -0.495 e. The van der Waals surface area contributed by atoms with Gasteiger partial charge in [0.25, 0.3) is 5.91 Å². The first-order chi connectivity index (χ1) is 21.9. The van der Waals surface area contributed by atoms with Crippen LogP contribution in [-0.4, -0.2) is 69.9 Å². The first kappa shape index (κ1) is 28.5. The Labute approximate surface area is 262 Å². The zero-order chi connectivity index (χ0) is 31.1. The molecule has 3 aliphatic rings. The number of rotatable bonds is 7. The molecular weight excluding hydrogens is 564 g/mol. The van der Waals surface area contributed by atoms with Crippen LogP contribution in [0.1, 0.15) is 28.0 Å². The van der Waals surface area contributed by atoms with Crippen molar-refractivity contribution in [2.45, 2.75) is 18.9 Å². The van der Waals surface area contributed by atoms with Gasteiger partial charge >= 0.3 is 0 Å². The van der Waals surface area contributed by atoms with E-state index in [1.807, 2.05) is 73.4 Å². The van der Waals surface area contributed by atoms with Crippen LogP contribution in [0.25, 0.3) is 28.0 Å². The molecule has 45 heavy (non-hydrogen) atoms. The van der Waals surface area contributed by atoms with Crippen LogP contribution in [-0.2, 0) is 20.5 Å². The molecule has 10 heteroatoms. The third kappa shape index (κ3) is 5.60. The van der Waals surface area contributed by atoms with Gasteiger partial charge in [-0.1, -0.05) is 36.4 Å². The Bertz CT molecular complexity index is 1900. The molecule has 2 aromatic carbocycles. The molecule has 1 amide bonds. The number of aromatic nitrogens is 4. The zero-order valence-corrected chi connectivity index (χ0v) is 25.9. The molecule has 0 bridgehead atoms.